The fraction of sp³-hybridized carbons (Fsp3) is 0.500. The molecule has 1 amide bonds. The molecule has 2 N–H and O–H groups in total. The Balaban J connectivity index is 1.96. The normalized spacial score (nSPS) is 10.2. The molecule has 0 saturated heterocycles. The molecule has 0 saturated carbocycles. The Hall–Kier alpha value is -1.59. The number of carbonyl (C=O) groups is 1. The molecular weight excluding hydrogens is 246 g/mol. The van der Waals surface area contributed by atoms with Crippen molar-refractivity contribution < 1.29 is 19.4 Å². The Labute approximate surface area is 113 Å². The molecule has 0 aromatic heterocycles. The van der Waals surface area contributed by atoms with Gasteiger partial charge in [0.15, 0.2) is 0 Å². The maximum absolute atomic E-state index is 11.3. The quantitative estimate of drug-likeness (QED) is 0.668. The van der Waals surface area contributed by atoms with Crippen LogP contribution in [-0.2, 0) is 16.1 Å². The average molecular weight is 267 g/mol. The Bertz CT molecular complexity index is 343. The van der Waals surface area contributed by atoms with Gasteiger partial charge in [-0.3, -0.25) is 0 Å². The fourth-order valence-electron chi connectivity index (χ4n) is 1.41. The van der Waals surface area contributed by atoms with E-state index in [0.717, 1.165) is 12.0 Å². The summed E-state index contributed by atoms with van der Waals surface area (Å²) in [4.78, 5) is 11.3. The van der Waals surface area contributed by atoms with Crippen molar-refractivity contribution in [1.82, 2.24) is 5.32 Å². The molecule has 1 rings (SSSR count). The van der Waals surface area contributed by atoms with Gasteiger partial charge in [-0.15, -0.1) is 0 Å². The third kappa shape index (κ3) is 8.18. The minimum absolute atomic E-state index is 0.143. The van der Waals surface area contributed by atoms with E-state index < -0.39 is 6.09 Å². The minimum atomic E-state index is -0.417. The van der Waals surface area contributed by atoms with Crippen molar-refractivity contribution in [2.45, 2.75) is 19.4 Å². The molecule has 0 atom stereocenters. The first-order chi connectivity index (χ1) is 9.33. The summed E-state index contributed by atoms with van der Waals surface area (Å²) in [6.45, 7) is 2.06. The Morgan fingerprint density at radius 1 is 1.16 bits per heavy atom. The number of amides is 1. The molecule has 0 aliphatic heterocycles. The van der Waals surface area contributed by atoms with Gasteiger partial charge >= 0.3 is 6.09 Å². The van der Waals surface area contributed by atoms with Crippen LogP contribution in [0.3, 0.4) is 0 Å². The third-order valence-corrected chi connectivity index (χ3v) is 2.39. The number of aliphatic hydroxyl groups is 1. The lowest BCUT2D eigenvalue weighted by Gasteiger charge is -2.07. The lowest BCUT2D eigenvalue weighted by atomic mass is 10.2. The monoisotopic (exact) mass is 267 g/mol. The van der Waals surface area contributed by atoms with Crippen molar-refractivity contribution in [3.8, 4) is 0 Å². The van der Waals surface area contributed by atoms with E-state index in [9.17, 15) is 4.79 Å². The summed E-state index contributed by atoms with van der Waals surface area (Å²) in [5, 5.41) is 11.2. The highest BCUT2D eigenvalue weighted by Crippen LogP contribution is 2.00. The van der Waals surface area contributed by atoms with Gasteiger partial charge in [0.2, 0.25) is 0 Å². The van der Waals surface area contributed by atoms with E-state index in [1.807, 2.05) is 30.3 Å². The smallest absolute Gasteiger partial charge is 0.407 e. The van der Waals surface area contributed by atoms with Crippen molar-refractivity contribution in [2.24, 2.45) is 0 Å². The minimum Gasteiger partial charge on any atom is -0.445 e. The van der Waals surface area contributed by atoms with Crippen molar-refractivity contribution >= 4 is 6.09 Å². The lowest BCUT2D eigenvalue weighted by molar-refractivity contribution is 0.111. The molecule has 0 unspecified atom stereocenters. The molecule has 1 aromatic carbocycles. The molecule has 0 radical (unpaired) electrons. The topological polar surface area (TPSA) is 67.8 Å². The predicted molar refractivity (Wildman–Crippen MR) is 71.8 cm³/mol. The van der Waals surface area contributed by atoms with Crippen LogP contribution in [0.4, 0.5) is 4.79 Å². The van der Waals surface area contributed by atoms with Gasteiger partial charge in [-0.1, -0.05) is 30.3 Å². The van der Waals surface area contributed by atoms with Crippen LogP contribution >= 0.6 is 0 Å². The van der Waals surface area contributed by atoms with Gasteiger partial charge in [0, 0.05) is 26.4 Å². The van der Waals surface area contributed by atoms with Gasteiger partial charge < -0.3 is 19.9 Å². The summed E-state index contributed by atoms with van der Waals surface area (Å²) in [7, 11) is 0. The number of benzene rings is 1. The van der Waals surface area contributed by atoms with Crippen LogP contribution in [0.2, 0.25) is 0 Å². The zero-order valence-electron chi connectivity index (χ0n) is 11.0. The van der Waals surface area contributed by atoms with Gasteiger partial charge in [-0.05, 0) is 18.4 Å². The number of hydrogen-bond donors (Lipinski definition) is 2. The van der Waals surface area contributed by atoms with E-state index >= 15 is 0 Å². The van der Waals surface area contributed by atoms with Crippen LogP contribution < -0.4 is 5.32 Å². The maximum Gasteiger partial charge on any atom is 0.407 e. The zero-order chi connectivity index (χ0) is 13.8. The second-order valence-corrected chi connectivity index (χ2v) is 4.03. The highest BCUT2D eigenvalue weighted by Gasteiger charge is 2.01. The number of rotatable bonds is 9. The van der Waals surface area contributed by atoms with E-state index in [2.05, 4.69) is 5.32 Å². The van der Waals surface area contributed by atoms with E-state index in [0.29, 0.717) is 26.2 Å². The van der Waals surface area contributed by atoms with E-state index in [-0.39, 0.29) is 13.2 Å². The summed E-state index contributed by atoms with van der Waals surface area (Å²) in [6, 6.07) is 9.53. The number of ether oxygens (including phenoxy) is 2. The number of aliphatic hydroxyl groups excluding tert-OH is 1. The zero-order valence-corrected chi connectivity index (χ0v) is 11.0. The first-order valence-corrected chi connectivity index (χ1v) is 6.46. The number of nitrogens with one attached hydrogen (secondary N) is 1. The predicted octanol–water partition coefficient (Wildman–Crippen LogP) is 1.70. The molecule has 5 nitrogen and oxygen atoms in total. The second kappa shape index (κ2) is 10.3. The molecule has 0 heterocycles. The van der Waals surface area contributed by atoms with Crippen molar-refractivity contribution in [1.29, 1.82) is 0 Å². The summed E-state index contributed by atoms with van der Waals surface area (Å²) < 4.78 is 10.3. The van der Waals surface area contributed by atoms with Crippen LogP contribution in [-0.4, -0.2) is 37.6 Å². The van der Waals surface area contributed by atoms with Crippen LogP contribution in [0.1, 0.15) is 18.4 Å². The molecule has 1 aromatic rings. The van der Waals surface area contributed by atoms with Crippen LogP contribution in [0.15, 0.2) is 30.3 Å². The van der Waals surface area contributed by atoms with Gasteiger partial charge in [-0.2, -0.15) is 0 Å². The Morgan fingerprint density at radius 2 is 1.89 bits per heavy atom. The van der Waals surface area contributed by atoms with Crippen molar-refractivity contribution in [2.75, 3.05) is 26.4 Å². The summed E-state index contributed by atoms with van der Waals surface area (Å²) in [5.41, 5.74) is 0.963. The molecule has 106 valence electrons. The van der Waals surface area contributed by atoms with Crippen LogP contribution in [0, 0.1) is 0 Å². The summed E-state index contributed by atoms with van der Waals surface area (Å²) in [5.74, 6) is 0. The molecule has 5 heteroatoms. The number of alkyl carbamates (subject to hydrolysis) is 1. The molecule has 0 aliphatic carbocycles. The highest BCUT2D eigenvalue weighted by molar-refractivity contribution is 5.67. The van der Waals surface area contributed by atoms with Crippen molar-refractivity contribution in [3.05, 3.63) is 35.9 Å². The third-order valence-electron chi connectivity index (χ3n) is 2.39. The largest absolute Gasteiger partial charge is 0.445 e. The fourth-order valence-corrected chi connectivity index (χ4v) is 1.41. The number of carbonyl (C=O) groups excluding carboxylic acids is 1. The average Bonchev–Trinajstić information content (AvgIpc) is 2.45. The van der Waals surface area contributed by atoms with Crippen LogP contribution in [0.5, 0.6) is 0 Å². The number of hydrogen-bond acceptors (Lipinski definition) is 4. The lowest BCUT2D eigenvalue weighted by Crippen LogP contribution is -2.26. The summed E-state index contributed by atoms with van der Waals surface area (Å²) in [6.07, 6.45) is 0.956. The highest BCUT2D eigenvalue weighted by atomic mass is 16.5. The SMILES string of the molecule is O=C(NCCCOCCCO)OCc1ccccc1. The molecule has 0 bridgehead atoms. The molecular formula is C14H21NO4. The first-order valence-electron chi connectivity index (χ1n) is 6.46. The van der Waals surface area contributed by atoms with E-state index in [4.69, 9.17) is 14.6 Å². The standard InChI is InChI=1S/C14H21NO4/c16-9-5-11-18-10-4-8-15-14(17)19-12-13-6-2-1-3-7-13/h1-3,6-7,16H,4-5,8-12H2,(H,15,17). The van der Waals surface area contributed by atoms with Gasteiger partial charge in [0.1, 0.15) is 6.61 Å². The van der Waals surface area contributed by atoms with Gasteiger partial charge in [0.05, 0.1) is 0 Å². The Morgan fingerprint density at radius 3 is 2.63 bits per heavy atom. The first kappa shape index (κ1) is 15.5. The summed E-state index contributed by atoms with van der Waals surface area (Å²) >= 11 is 0. The second-order valence-electron chi connectivity index (χ2n) is 4.03. The van der Waals surface area contributed by atoms with E-state index in [1.54, 1.807) is 0 Å². The Kier molecular flexibility index (Phi) is 8.42. The van der Waals surface area contributed by atoms with E-state index in [1.165, 1.54) is 0 Å². The molecule has 0 spiro atoms. The molecule has 0 aliphatic rings. The maximum atomic E-state index is 11.3. The van der Waals surface area contributed by atoms with Crippen LogP contribution in [0.25, 0.3) is 0 Å². The molecule has 0 fully saturated rings. The van der Waals surface area contributed by atoms with Gasteiger partial charge in [-0.25, -0.2) is 4.79 Å². The van der Waals surface area contributed by atoms with Crippen molar-refractivity contribution in [3.63, 3.8) is 0 Å². The molecule has 19 heavy (non-hydrogen) atoms. The van der Waals surface area contributed by atoms with Gasteiger partial charge in [0.25, 0.3) is 0 Å².